The van der Waals surface area contributed by atoms with Crippen molar-refractivity contribution in [2.45, 2.75) is 25.8 Å². The van der Waals surface area contributed by atoms with Crippen LogP contribution in [0.25, 0.3) is 0 Å². The van der Waals surface area contributed by atoms with Crippen LogP contribution in [0.4, 0.5) is 4.39 Å². The lowest BCUT2D eigenvalue weighted by molar-refractivity contribution is -0.121. The average Bonchev–Trinajstić information content (AvgIpc) is 2.46. The predicted octanol–water partition coefficient (Wildman–Crippen LogP) is 4.40. The number of rotatable bonds is 5. The van der Waals surface area contributed by atoms with Gasteiger partial charge in [0.05, 0.1) is 12.5 Å². The van der Waals surface area contributed by atoms with Gasteiger partial charge in [0, 0.05) is 4.47 Å². The second-order valence-electron chi connectivity index (χ2n) is 4.89. The van der Waals surface area contributed by atoms with E-state index in [-0.39, 0.29) is 24.2 Å². The first-order valence-corrected chi connectivity index (χ1v) is 7.67. The molecule has 1 amide bonds. The molecule has 2 nitrogen and oxygen atoms in total. The number of carbonyl (C=O) groups is 1. The van der Waals surface area contributed by atoms with Crippen LogP contribution in [0.2, 0.25) is 0 Å². The molecule has 1 atom stereocenters. The summed E-state index contributed by atoms with van der Waals surface area (Å²) in [6.07, 6.45) is 0.987. The largest absolute Gasteiger partial charge is 0.349 e. The molecule has 0 spiro atoms. The Morgan fingerprint density at radius 3 is 2.57 bits per heavy atom. The maximum absolute atomic E-state index is 13.1. The molecular weight excluding hydrogens is 333 g/mol. The second-order valence-corrected chi connectivity index (χ2v) is 5.80. The van der Waals surface area contributed by atoms with Crippen molar-refractivity contribution in [1.29, 1.82) is 0 Å². The molecule has 0 aromatic heterocycles. The number of hydrogen-bond acceptors (Lipinski definition) is 1. The van der Waals surface area contributed by atoms with Crippen molar-refractivity contribution in [3.8, 4) is 0 Å². The van der Waals surface area contributed by atoms with Crippen molar-refractivity contribution in [3.05, 3.63) is 69.9 Å². The Kier molecular flexibility index (Phi) is 5.51. The molecule has 1 N–H and O–H groups in total. The molecule has 4 heteroatoms. The summed E-state index contributed by atoms with van der Waals surface area (Å²) < 4.78 is 14.1. The molecule has 0 heterocycles. The molecule has 110 valence electrons. The molecule has 0 aliphatic carbocycles. The number of hydrogen-bond donors (Lipinski definition) is 1. The summed E-state index contributed by atoms with van der Waals surface area (Å²) in [5.41, 5.74) is 1.74. The van der Waals surface area contributed by atoms with E-state index in [9.17, 15) is 9.18 Å². The van der Waals surface area contributed by atoms with Crippen molar-refractivity contribution >= 4 is 21.8 Å². The highest BCUT2D eigenvalue weighted by molar-refractivity contribution is 9.10. The smallest absolute Gasteiger partial charge is 0.224 e. The molecule has 1 unspecified atom stereocenters. The second kappa shape index (κ2) is 7.36. The fourth-order valence-electron chi connectivity index (χ4n) is 2.19. The quantitative estimate of drug-likeness (QED) is 0.851. The molecule has 0 fully saturated rings. The lowest BCUT2D eigenvalue weighted by atomic mass is 10.0. The van der Waals surface area contributed by atoms with Crippen molar-refractivity contribution in [2.24, 2.45) is 0 Å². The molecule has 0 saturated carbocycles. The van der Waals surface area contributed by atoms with E-state index >= 15 is 0 Å². The Labute approximate surface area is 132 Å². The van der Waals surface area contributed by atoms with Gasteiger partial charge in [-0.05, 0) is 41.8 Å². The van der Waals surface area contributed by atoms with E-state index in [1.54, 1.807) is 12.1 Å². The SMILES string of the molecule is CCC(NC(=O)Cc1cccc(F)c1)c1ccc(Br)cc1. The highest BCUT2D eigenvalue weighted by Gasteiger charge is 2.13. The van der Waals surface area contributed by atoms with Crippen LogP contribution in [-0.4, -0.2) is 5.91 Å². The molecule has 0 radical (unpaired) electrons. The Morgan fingerprint density at radius 1 is 1.24 bits per heavy atom. The highest BCUT2D eigenvalue weighted by Crippen LogP contribution is 2.19. The Bertz CT molecular complexity index is 612. The lowest BCUT2D eigenvalue weighted by Gasteiger charge is -2.17. The molecule has 2 rings (SSSR count). The maximum atomic E-state index is 13.1. The molecule has 0 aliphatic rings. The van der Waals surface area contributed by atoms with Crippen molar-refractivity contribution in [2.75, 3.05) is 0 Å². The van der Waals surface area contributed by atoms with E-state index in [1.807, 2.05) is 31.2 Å². The van der Waals surface area contributed by atoms with Gasteiger partial charge < -0.3 is 5.32 Å². The monoisotopic (exact) mass is 349 g/mol. The number of carbonyl (C=O) groups excluding carboxylic acids is 1. The third kappa shape index (κ3) is 4.67. The van der Waals surface area contributed by atoms with Crippen molar-refractivity contribution in [3.63, 3.8) is 0 Å². The van der Waals surface area contributed by atoms with Crippen LogP contribution < -0.4 is 5.32 Å². The van der Waals surface area contributed by atoms with Crippen LogP contribution in [0.3, 0.4) is 0 Å². The van der Waals surface area contributed by atoms with Gasteiger partial charge in [-0.25, -0.2) is 4.39 Å². The third-order valence-electron chi connectivity index (χ3n) is 3.27. The minimum Gasteiger partial charge on any atom is -0.349 e. The van der Waals surface area contributed by atoms with Gasteiger partial charge in [0.25, 0.3) is 0 Å². The van der Waals surface area contributed by atoms with Crippen LogP contribution in [0.1, 0.15) is 30.5 Å². The summed E-state index contributed by atoms with van der Waals surface area (Å²) in [4.78, 5) is 12.1. The standard InChI is InChI=1S/C17H17BrFNO/c1-2-16(13-6-8-14(18)9-7-13)20-17(21)11-12-4-3-5-15(19)10-12/h3-10,16H,2,11H2,1H3,(H,20,21). The predicted molar refractivity (Wildman–Crippen MR) is 85.4 cm³/mol. The molecule has 0 saturated heterocycles. The van der Waals surface area contributed by atoms with Crippen LogP contribution in [0.5, 0.6) is 0 Å². The lowest BCUT2D eigenvalue weighted by Crippen LogP contribution is -2.29. The Hall–Kier alpha value is -1.68. The highest BCUT2D eigenvalue weighted by atomic mass is 79.9. The first-order chi connectivity index (χ1) is 10.1. The number of nitrogens with one attached hydrogen (secondary N) is 1. The van der Waals surface area contributed by atoms with E-state index in [2.05, 4.69) is 21.2 Å². The minimum absolute atomic E-state index is 0.0286. The molecular formula is C17H17BrFNO. The number of benzene rings is 2. The van der Waals surface area contributed by atoms with Gasteiger partial charge in [-0.3, -0.25) is 4.79 Å². The van der Waals surface area contributed by atoms with Gasteiger partial charge in [-0.15, -0.1) is 0 Å². The Balaban J connectivity index is 2.01. The summed E-state index contributed by atoms with van der Waals surface area (Å²) >= 11 is 3.40. The molecule has 21 heavy (non-hydrogen) atoms. The van der Waals surface area contributed by atoms with E-state index in [0.717, 1.165) is 16.5 Å². The molecule has 2 aromatic carbocycles. The average molecular weight is 350 g/mol. The zero-order valence-corrected chi connectivity index (χ0v) is 13.4. The third-order valence-corrected chi connectivity index (χ3v) is 3.80. The van der Waals surface area contributed by atoms with Crippen molar-refractivity contribution in [1.82, 2.24) is 5.32 Å². The van der Waals surface area contributed by atoms with E-state index in [1.165, 1.54) is 12.1 Å². The summed E-state index contributed by atoms with van der Waals surface area (Å²) in [6.45, 7) is 2.02. The zero-order chi connectivity index (χ0) is 15.2. The first kappa shape index (κ1) is 15.7. The molecule has 2 aromatic rings. The van der Waals surface area contributed by atoms with Crippen LogP contribution in [0, 0.1) is 5.82 Å². The maximum Gasteiger partial charge on any atom is 0.224 e. The van der Waals surface area contributed by atoms with Gasteiger partial charge >= 0.3 is 0 Å². The fourth-order valence-corrected chi connectivity index (χ4v) is 2.46. The van der Waals surface area contributed by atoms with Crippen molar-refractivity contribution < 1.29 is 9.18 Å². The summed E-state index contributed by atoms with van der Waals surface area (Å²) in [5, 5.41) is 2.99. The first-order valence-electron chi connectivity index (χ1n) is 6.87. The number of amides is 1. The minimum atomic E-state index is -0.319. The van der Waals surface area contributed by atoms with Crippen LogP contribution in [0.15, 0.2) is 53.0 Å². The normalized spacial score (nSPS) is 12.0. The topological polar surface area (TPSA) is 29.1 Å². The summed E-state index contributed by atoms with van der Waals surface area (Å²) in [7, 11) is 0. The zero-order valence-electron chi connectivity index (χ0n) is 11.8. The fraction of sp³-hybridized carbons (Fsp3) is 0.235. The van der Waals surface area contributed by atoms with E-state index in [0.29, 0.717) is 5.56 Å². The molecule has 0 aliphatic heterocycles. The van der Waals surface area contributed by atoms with Gasteiger partial charge in [0.2, 0.25) is 5.91 Å². The van der Waals surface area contributed by atoms with E-state index < -0.39 is 0 Å². The van der Waals surface area contributed by atoms with Gasteiger partial charge in [0.1, 0.15) is 5.82 Å². The van der Waals surface area contributed by atoms with Gasteiger partial charge in [-0.1, -0.05) is 47.1 Å². The van der Waals surface area contributed by atoms with Crippen LogP contribution >= 0.6 is 15.9 Å². The van der Waals surface area contributed by atoms with E-state index in [4.69, 9.17) is 0 Å². The van der Waals surface area contributed by atoms with Crippen LogP contribution in [-0.2, 0) is 11.2 Å². The summed E-state index contributed by atoms with van der Waals surface area (Å²) in [5.74, 6) is -0.421. The van der Waals surface area contributed by atoms with Gasteiger partial charge in [-0.2, -0.15) is 0 Å². The Morgan fingerprint density at radius 2 is 1.95 bits per heavy atom. The summed E-state index contributed by atoms with van der Waals surface area (Å²) in [6, 6.07) is 14.0. The van der Waals surface area contributed by atoms with Gasteiger partial charge in [0.15, 0.2) is 0 Å². The molecule has 0 bridgehead atoms. The number of halogens is 2.